The first-order valence-electron chi connectivity index (χ1n) is 9.82. The number of rotatable bonds is 3. The predicted molar refractivity (Wildman–Crippen MR) is 101 cm³/mol. The van der Waals surface area contributed by atoms with Gasteiger partial charge in [0.2, 0.25) is 5.91 Å². The third-order valence-electron chi connectivity index (χ3n) is 5.60. The molecular formula is C20H28N4O3. The maximum atomic E-state index is 13.0. The quantitative estimate of drug-likeness (QED) is 0.811. The summed E-state index contributed by atoms with van der Waals surface area (Å²) in [5, 5.41) is 0. The Labute approximate surface area is 160 Å². The highest BCUT2D eigenvalue weighted by molar-refractivity contribution is 5.99. The van der Waals surface area contributed by atoms with Gasteiger partial charge in [-0.25, -0.2) is 0 Å². The largest absolute Gasteiger partial charge is 0.339 e. The molecule has 1 aromatic heterocycles. The maximum Gasteiger partial charge on any atom is 0.255 e. The Hall–Kier alpha value is -2.44. The van der Waals surface area contributed by atoms with Crippen molar-refractivity contribution in [1.29, 1.82) is 0 Å². The van der Waals surface area contributed by atoms with Crippen molar-refractivity contribution in [3.05, 3.63) is 29.6 Å². The first kappa shape index (κ1) is 19.3. The van der Waals surface area contributed by atoms with Gasteiger partial charge < -0.3 is 14.7 Å². The van der Waals surface area contributed by atoms with Gasteiger partial charge in [0.1, 0.15) is 0 Å². The van der Waals surface area contributed by atoms with Crippen LogP contribution in [0.3, 0.4) is 0 Å². The van der Waals surface area contributed by atoms with Gasteiger partial charge in [-0.05, 0) is 31.7 Å². The number of pyridine rings is 1. The van der Waals surface area contributed by atoms with Gasteiger partial charge in [-0.1, -0.05) is 6.92 Å². The molecular weight excluding hydrogens is 344 g/mol. The molecule has 0 radical (unpaired) electrons. The van der Waals surface area contributed by atoms with Crippen molar-refractivity contribution in [2.45, 2.75) is 45.6 Å². The number of piperidine rings is 1. The molecule has 2 fully saturated rings. The van der Waals surface area contributed by atoms with Crippen molar-refractivity contribution < 1.29 is 14.4 Å². The monoisotopic (exact) mass is 372 g/mol. The van der Waals surface area contributed by atoms with Crippen molar-refractivity contribution in [3.63, 3.8) is 0 Å². The summed E-state index contributed by atoms with van der Waals surface area (Å²) in [6.07, 6.45) is 7.23. The Bertz CT molecular complexity index is 713. The lowest BCUT2D eigenvalue weighted by atomic mass is 9.99. The van der Waals surface area contributed by atoms with Crippen molar-refractivity contribution >= 4 is 17.7 Å². The van der Waals surface area contributed by atoms with Crippen molar-refractivity contribution in [2.75, 3.05) is 32.7 Å². The summed E-state index contributed by atoms with van der Waals surface area (Å²) in [4.78, 5) is 46.7. The second-order valence-corrected chi connectivity index (χ2v) is 7.32. The minimum Gasteiger partial charge on any atom is -0.339 e. The van der Waals surface area contributed by atoms with E-state index in [1.165, 1.54) is 6.20 Å². The van der Waals surface area contributed by atoms with E-state index in [0.29, 0.717) is 37.3 Å². The molecule has 3 heterocycles. The Morgan fingerprint density at radius 3 is 2.22 bits per heavy atom. The second-order valence-electron chi connectivity index (χ2n) is 7.32. The summed E-state index contributed by atoms with van der Waals surface area (Å²) in [5.41, 5.74) is 0.908. The van der Waals surface area contributed by atoms with E-state index >= 15 is 0 Å². The topological polar surface area (TPSA) is 73.8 Å². The summed E-state index contributed by atoms with van der Waals surface area (Å²) in [5.74, 6) is -0.139. The molecule has 1 unspecified atom stereocenters. The average Bonchev–Trinajstić information content (AvgIpc) is 2.72. The molecule has 0 aromatic carbocycles. The zero-order chi connectivity index (χ0) is 19.4. The van der Waals surface area contributed by atoms with E-state index in [2.05, 4.69) is 11.9 Å². The molecule has 146 valence electrons. The third kappa shape index (κ3) is 4.28. The highest BCUT2D eigenvalue weighted by Crippen LogP contribution is 2.22. The van der Waals surface area contributed by atoms with Crippen molar-refractivity contribution in [3.8, 4) is 0 Å². The number of likely N-dealkylation sites (tertiary alicyclic amines) is 1. The van der Waals surface area contributed by atoms with Gasteiger partial charge in [0.25, 0.3) is 11.8 Å². The highest BCUT2D eigenvalue weighted by Gasteiger charge is 2.28. The number of hydrogen-bond donors (Lipinski definition) is 0. The maximum absolute atomic E-state index is 13.0. The number of hydrogen-bond acceptors (Lipinski definition) is 4. The number of amides is 3. The van der Waals surface area contributed by atoms with Crippen LogP contribution in [0.5, 0.6) is 0 Å². The molecule has 0 spiro atoms. The fourth-order valence-electron chi connectivity index (χ4n) is 3.94. The van der Waals surface area contributed by atoms with E-state index in [0.717, 1.165) is 32.2 Å². The van der Waals surface area contributed by atoms with Crippen LogP contribution in [0.4, 0.5) is 0 Å². The molecule has 0 aliphatic carbocycles. The highest BCUT2D eigenvalue weighted by atomic mass is 16.2. The SMILES string of the molecule is CCC1CCCCN1C(=O)c1cncc(C(=O)N2CCN(C(C)=O)CC2)c1. The number of nitrogens with zero attached hydrogens (tertiary/aromatic N) is 4. The molecule has 27 heavy (non-hydrogen) atoms. The zero-order valence-corrected chi connectivity index (χ0v) is 16.2. The molecule has 0 saturated carbocycles. The first-order chi connectivity index (χ1) is 13.0. The molecule has 0 bridgehead atoms. The molecule has 3 rings (SSSR count). The van der Waals surface area contributed by atoms with E-state index in [9.17, 15) is 14.4 Å². The van der Waals surface area contributed by atoms with Crippen LogP contribution in [0.2, 0.25) is 0 Å². The van der Waals surface area contributed by atoms with Crippen molar-refractivity contribution in [2.24, 2.45) is 0 Å². The molecule has 2 aliphatic heterocycles. The fourth-order valence-corrected chi connectivity index (χ4v) is 3.94. The van der Waals surface area contributed by atoms with Gasteiger partial charge in [0.15, 0.2) is 0 Å². The van der Waals surface area contributed by atoms with Crippen LogP contribution < -0.4 is 0 Å². The van der Waals surface area contributed by atoms with Crippen LogP contribution in [-0.2, 0) is 4.79 Å². The lowest BCUT2D eigenvalue weighted by Gasteiger charge is -2.35. The summed E-state index contributed by atoms with van der Waals surface area (Å²) in [7, 11) is 0. The average molecular weight is 372 g/mol. The van der Waals surface area contributed by atoms with E-state index in [-0.39, 0.29) is 23.8 Å². The number of aromatic nitrogens is 1. The first-order valence-corrected chi connectivity index (χ1v) is 9.82. The van der Waals surface area contributed by atoms with Crippen molar-refractivity contribution in [1.82, 2.24) is 19.7 Å². The van der Waals surface area contributed by atoms with Crippen LogP contribution in [-0.4, -0.2) is 76.2 Å². The Morgan fingerprint density at radius 2 is 1.59 bits per heavy atom. The molecule has 3 amide bonds. The zero-order valence-electron chi connectivity index (χ0n) is 16.2. The van der Waals surface area contributed by atoms with Gasteiger partial charge >= 0.3 is 0 Å². The van der Waals surface area contributed by atoms with Crippen LogP contribution in [0.25, 0.3) is 0 Å². The van der Waals surface area contributed by atoms with Crippen LogP contribution in [0.1, 0.15) is 60.2 Å². The molecule has 7 nitrogen and oxygen atoms in total. The Balaban J connectivity index is 1.70. The minimum atomic E-state index is -0.133. The number of piperazine rings is 1. The standard InChI is InChI=1S/C20H28N4O3/c1-3-18-6-4-5-7-24(18)20(27)17-12-16(13-21-14-17)19(26)23-10-8-22(9-11-23)15(2)25/h12-14,18H,3-11H2,1-2H3. The van der Waals surface area contributed by atoms with Crippen LogP contribution >= 0.6 is 0 Å². The summed E-state index contributed by atoms with van der Waals surface area (Å²) in [6, 6.07) is 1.93. The van der Waals surface area contributed by atoms with Gasteiger partial charge in [-0.3, -0.25) is 19.4 Å². The summed E-state index contributed by atoms with van der Waals surface area (Å²) < 4.78 is 0. The van der Waals surface area contributed by atoms with Crippen LogP contribution in [0.15, 0.2) is 18.5 Å². The third-order valence-corrected chi connectivity index (χ3v) is 5.60. The number of carbonyl (C=O) groups is 3. The van der Waals surface area contributed by atoms with Gasteiger partial charge in [0.05, 0.1) is 11.1 Å². The Kier molecular flexibility index (Phi) is 6.08. The molecule has 1 aromatic rings. The molecule has 7 heteroatoms. The lowest BCUT2D eigenvalue weighted by molar-refractivity contribution is -0.130. The minimum absolute atomic E-state index is 0.0309. The summed E-state index contributed by atoms with van der Waals surface area (Å²) >= 11 is 0. The van der Waals surface area contributed by atoms with E-state index < -0.39 is 0 Å². The lowest BCUT2D eigenvalue weighted by Crippen LogP contribution is -2.50. The normalized spacial score (nSPS) is 20.5. The predicted octanol–water partition coefficient (Wildman–Crippen LogP) is 1.79. The fraction of sp³-hybridized carbons (Fsp3) is 0.600. The van der Waals surface area contributed by atoms with E-state index in [1.807, 2.05) is 4.90 Å². The van der Waals surface area contributed by atoms with Gasteiger partial charge in [-0.2, -0.15) is 0 Å². The second kappa shape index (κ2) is 8.50. The molecule has 2 saturated heterocycles. The van der Waals surface area contributed by atoms with Gasteiger partial charge in [0, 0.05) is 58.1 Å². The van der Waals surface area contributed by atoms with Crippen LogP contribution in [0, 0.1) is 0 Å². The van der Waals surface area contributed by atoms with Gasteiger partial charge in [-0.15, -0.1) is 0 Å². The summed E-state index contributed by atoms with van der Waals surface area (Å²) in [6.45, 7) is 6.50. The smallest absolute Gasteiger partial charge is 0.255 e. The van der Waals surface area contributed by atoms with E-state index in [1.54, 1.807) is 29.0 Å². The number of carbonyl (C=O) groups excluding carboxylic acids is 3. The molecule has 0 N–H and O–H groups in total. The Morgan fingerprint density at radius 1 is 0.963 bits per heavy atom. The molecule has 2 aliphatic rings. The van der Waals surface area contributed by atoms with E-state index in [4.69, 9.17) is 0 Å². The molecule has 1 atom stereocenters.